The third-order valence-corrected chi connectivity index (χ3v) is 6.86. The molecule has 1 saturated carbocycles. The molecule has 3 atom stereocenters. The van der Waals surface area contributed by atoms with Crippen molar-refractivity contribution in [2.45, 2.75) is 50.6 Å². The van der Waals surface area contributed by atoms with Gasteiger partial charge in [0.25, 0.3) is 0 Å². The van der Waals surface area contributed by atoms with Gasteiger partial charge in [0.1, 0.15) is 17.8 Å². The zero-order chi connectivity index (χ0) is 23.0. The standard InChI is InChI=1S/C24H27F3N4O2/c25-24(26,27)18-7-5-16(6-8-18)20-14-33-12-11-31(20)23-19-9-10-30(22(19)28-15-29-23)13-17-3-1-2-4-21(17)32/h5-10,15,17,20-21,32H,1-4,11-14H2/t17-,20+,21+/m0/s1. The maximum absolute atomic E-state index is 13.0. The summed E-state index contributed by atoms with van der Waals surface area (Å²) in [4.78, 5) is 11.2. The molecule has 0 spiro atoms. The molecule has 176 valence electrons. The number of nitrogens with zero attached hydrogens (tertiary/aromatic N) is 4. The number of aliphatic hydroxyl groups is 1. The number of morpholine rings is 1. The lowest BCUT2D eigenvalue weighted by atomic mass is 9.86. The van der Waals surface area contributed by atoms with Crippen molar-refractivity contribution in [3.63, 3.8) is 0 Å². The van der Waals surface area contributed by atoms with Crippen LogP contribution in [0.25, 0.3) is 11.0 Å². The summed E-state index contributed by atoms with van der Waals surface area (Å²) in [6.07, 6.45) is 2.89. The van der Waals surface area contributed by atoms with Crippen LogP contribution in [0.3, 0.4) is 0 Å². The Morgan fingerprint density at radius 2 is 1.85 bits per heavy atom. The quantitative estimate of drug-likeness (QED) is 0.618. The number of benzene rings is 1. The molecular weight excluding hydrogens is 433 g/mol. The van der Waals surface area contributed by atoms with Crippen molar-refractivity contribution >= 4 is 16.9 Å². The molecule has 9 heteroatoms. The zero-order valence-electron chi connectivity index (χ0n) is 18.2. The summed E-state index contributed by atoms with van der Waals surface area (Å²) in [5, 5.41) is 11.3. The molecule has 1 aromatic carbocycles. The minimum absolute atomic E-state index is 0.205. The number of fused-ring (bicyclic) bond motifs is 1. The average molecular weight is 461 g/mol. The number of hydrogen-bond acceptors (Lipinski definition) is 5. The Balaban J connectivity index is 1.45. The van der Waals surface area contributed by atoms with Crippen molar-refractivity contribution in [1.82, 2.24) is 14.5 Å². The Morgan fingerprint density at radius 3 is 2.61 bits per heavy atom. The van der Waals surface area contributed by atoms with Crippen LogP contribution in [0.15, 0.2) is 42.9 Å². The topological polar surface area (TPSA) is 63.4 Å². The fourth-order valence-electron chi connectivity index (χ4n) is 5.05. The van der Waals surface area contributed by atoms with Crippen molar-refractivity contribution in [1.29, 1.82) is 0 Å². The number of aromatic nitrogens is 3. The Bertz CT molecular complexity index is 1100. The number of alkyl halides is 3. The van der Waals surface area contributed by atoms with Gasteiger partial charge in [-0.3, -0.25) is 0 Å². The van der Waals surface area contributed by atoms with E-state index in [2.05, 4.69) is 19.4 Å². The van der Waals surface area contributed by atoms with Gasteiger partial charge in [-0.05, 0) is 36.6 Å². The van der Waals surface area contributed by atoms with Gasteiger partial charge in [-0.2, -0.15) is 13.2 Å². The second-order valence-corrected chi connectivity index (χ2v) is 8.92. The molecule has 5 rings (SSSR count). The Hall–Kier alpha value is -2.65. The van der Waals surface area contributed by atoms with Gasteiger partial charge in [0.05, 0.1) is 36.3 Å². The van der Waals surface area contributed by atoms with Gasteiger partial charge in [0, 0.05) is 25.2 Å². The summed E-state index contributed by atoms with van der Waals surface area (Å²) in [6, 6.07) is 7.00. The van der Waals surface area contributed by atoms with Crippen molar-refractivity contribution in [2.24, 2.45) is 5.92 Å². The van der Waals surface area contributed by atoms with Crippen LogP contribution in [-0.4, -0.2) is 45.5 Å². The number of anilines is 1. The molecule has 6 nitrogen and oxygen atoms in total. The molecule has 33 heavy (non-hydrogen) atoms. The van der Waals surface area contributed by atoms with Gasteiger partial charge in [-0.25, -0.2) is 9.97 Å². The van der Waals surface area contributed by atoms with E-state index in [4.69, 9.17) is 4.74 Å². The van der Waals surface area contributed by atoms with Gasteiger partial charge in [0.2, 0.25) is 0 Å². The summed E-state index contributed by atoms with van der Waals surface area (Å²) in [6.45, 7) is 2.15. The van der Waals surface area contributed by atoms with Crippen LogP contribution in [0.4, 0.5) is 19.0 Å². The van der Waals surface area contributed by atoms with Crippen LogP contribution in [-0.2, 0) is 17.5 Å². The van der Waals surface area contributed by atoms with E-state index in [9.17, 15) is 18.3 Å². The molecule has 0 bridgehead atoms. The third-order valence-electron chi connectivity index (χ3n) is 6.86. The molecule has 1 saturated heterocycles. The van der Waals surface area contributed by atoms with E-state index in [0.29, 0.717) is 26.3 Å². The van der Waals surface area contributed by atoms with E-state index < -0.39 is 11.7 Å². The van der Waals surface area contributed by atoms with Crippen LogP contribution >= 0.6 is 0 Å². The zero-order valence-corrected chi connectivity index (χ0v) is 18.2. The molecule has 1 N–H and O–H groups in total. The van der Waals surface area contributed by atoms with Crippen molar-refractivity contribution in [3.05, 3.63) is 54.0 Å². The van der Waals surface area contributed by atoms with Gasteiger partial charge in [0.15, 0.2) is 0 Å². The predicted molar refractivity (Wildman–Crippen MR) is 118 cm³/mol. The molecule has 1 aliphatic heterocycles. The summed E-state index contributed by atoms with van der Waals surface area (Å²) < 4.78 is 46.8. The highest BCUT2D eigenvalue weighted by Crippen LogP contribution is 2.36. The summed E-state index contributed by atoms with van der Waals surface area (Å²) in [5.74, 6) is 0.951. The SMILES string of the molecule is O[C@@H]1CCCC[C@H]1Cn1ccc2c(N3CCOC[C@@H]3c3ccc(C(F)(F)F)cc3)ncnc21. The van der Waals surface area contributed by atoms with Crippen LogP contribution < -0.4 is 4.90 Å². The van der Waals surface area contributed by atoms with Gasteiger partial charge in [-0.1, -0.05) is 25.0 Å². The van der Waals surface area contributed by atoms with E-state index in [1.54, 1.807) is 0 Å². The minimum atomic E-state index is -4.37. The lowest BCUT2D eigenvalue weighted by Gasteiger charge is -2.37. The monoisotopic (exact) mass is 460 g/mol. The number of halogens is 3. The molecule has 0 radical (unpaired) electrons. The van der Waals surface area contributed by atoms with E-state index in [1.165, 1.54) is 18.5 Å². The average Bonchev–Trinajstić information content (AvgIpc) is 3.23. The first-order chi connectivity index (χ1) is 15.9. The highest BCUT2D eigenvalue weighted by Gasteiger charge is 2.32. The maximum atomic E-state index is 13.0. The molecule has 3 aromatic rings. The van der Waals surface area contributed by atoms with Gasteiger partial charge in [-0.15, -0.1) is 0 Å². The van der Waals surface area contributed by atoms with Crippen LogP contribution in [0, 0.1) is 5.92 Å². The van der Waals surface area contributed by atoms with Crippen molar-refractivity contribution < 1.29 is 23.0 Å². The minimum Gasteiger partial charge on any atom is -0.393 e. The van der Waals surface area contributed by atoms with E-state index in [-0.39, 0.29) is 18.1 Å². The molecule has 1 aliphatic carbocycles. The van der Waals surface area contributed by atoms with Gasteiger partial charge >= 0.3 is 6.18 Å². The molecule has 0 unspecified atom stereocenters. The molecule has 3 heterocycles. The molecule has 0 amide bonds. The maximum Gasteiger partial charge on any atom is 0.416 e. The lowest BCUT2D eigenvalue weighted by molar-refractivity contribution is -0.137. The molecule has 2 aromatic heterocycles. The Morgan fingerprint density at radius 1 is 1.06 bits per heavy atom. The molecule has 2 aliphatic rings. The first kappa shape index (κ1) is 22.2. The fraction of sp³-hybridized carbons (Fsp3) is 0.500. The number of ether oxygens (including phenoxy) is 1. The smallest absolute Gasteiger partial charge is 0.393 e. The Labute approximate surface area is 190 Å². The van der Waals surface area contributed by atoms with Gasteiger partial charge < -0.3 is 19.3 Å². The van der Waals surface area contributed by atoms with Crippen LogP contribution in [0.1, 0.15) is 42.9 Å². The number of rotatable bonds is 4. The first-order valence-corrected chi connectivity index (χ1v) is 11.4. The summed E-state index contributed by atoms with van der Waals surface area (Å²) in [5.41, 5.74) is 0.885. The number of aliphatic hydroxyl groups excluding tert-OH is 1. The van der Waals surface area contributed by atoms with Crippen molar-refractivity contribution in [2.75, 3.05) is 24.7 Å². The highest BCUT2D eigenvalue weighted by atomic mass is 19.4. The summed E-state index contributed by atoms with van der Waals surface area (Å²) >= 11 is 0. The molecular formula is C24H27F3N4O2. The largest absolute Gasteiger partial charge is 0.416 e. The first-order valence-electron chi connectivity index (χ1n) is 11.4. The second-order valence-electron chi connectivity index (χ2n) is 8.92. The Kier molecular flexibility index (Phi) is 6.01. The van der Waals surface area contributed by atoms with Crippen LogP contribution in [0.2, 0.25) is 0 Å². The van der Waals surface area contributed by atoms with Crippen LogP contribution in [0.5, 0.6) is 0 Å². The lowest BCUT2D eigenvalue weighted by Crippen LogP contribution is -2.40. The predicted octanol–water partition coefficient (Wildman–Crippen LogP) is 4.58. The second kappa shape index (κ2) is 8.95. The van der Waals surface area contributed by atoms with Crippen molar-refractivity contribution in [3.8, 4) is 0 Å². The molecule has 2 fully saturated rings. The normalized spacial score (nSPS) is 24.4. The number of hydrogen-bond donors (Lipinski definition) is 1. The van der Waals surface area contributed by atoms with E-state index in [0.717, 1.165) is 60.2 Å². The summed E-state index contributed by atoms with van der Waals surface area (Å²) in [7, 11) is 0. The fourth-order valence-corrected chi connectivity index (χ4v) is 5.05. The third kappa shape index (κ3) is 4.44. The highest BCUT2D eigenvalue weighted by molar-refractivity contribution is 5.88. The van der Waals surface area contributed by atoms with E-state index >= 15 is 0 Å². The van der Waals surface area contributed by atoms with E-state index in [1.807, 2.05) is 12.3 Å².